The van der Waals surface area contributed by atoms with Crippen LogP contribution < -0.4 is 0 Å². The number of hydrogen-bond acceptors (Lipinski definition) is 5. The van der Waals surface area contributed by atoms with E-state index in [1.807, 2.05) is 30.3 Å². The lowest BCUT2D eigenvalue weighted by Crippen LogP contribution is -2.00. The number of benzene rings is 9. The molecule has 9 aromatic carbocycles. The van der Waals surface area contributed by atoms with Gasteiger partial charge >= 0.3 is 0 Å². The van der Waals surface area contributed by atoms with Crippen molar-refractivity contribution in [3.8, 4) is 51.0 Å². The molecule has 284 valence electrons. The first kappa shape index (κ1) is 33.6. The van der Waals surface area contributed by atoms with Crippen LogP contribution in [0.3, 0.4) is 0 Å². The molecule has 0 amide bonds. The van der Waals surface area contributed by atoms with E-state index in [1.54, 1.807) is 0 Å². The molecule has 0 unspecified atom stereocenters. The summed E-state index contributed by atoms with van der Waals surface area (Å²) in [6.45, 7) is 0. The summed E-state index contributed by atoms with van der Waals surface area (Å²) < 4.78 is 15.3. The normalized spacial score (nSPS) is 11.9. The molecular weight excluding hydrogens is 749 g/mol. The van der Waals surface area contributed by atoms with Gasteiger partial charge in [-0.15, -0.1) is 0 Å². The molecule has 0 aliphatic rings. The maximum Gasteiger partial charge on any atom is 0.164 e. The summed E-state index contributed by atoms with van der Waals surface area (Å²) in [5.74, 6) is 1.71. The minimum atomic E-state index is 0.559. The zero-order chi connectivity index (χ0) is 40.0. The smallest absolute Gasteiger partial charge is 0.164 e. The monoisotopic (exact) mass is 780 g/mol. The summed E-state index contributed by atoms with van der Waals surface area (Å²) in [7, 11) is 0. The Hall–Kier alpha value is -8.35. The van der Waals surface area contributed by atoms with Gasteiger partial charge in [0.15, 0.2) is 17.5 Å². The highest BCUT2D eigenvalue weighted by Crippen LogP contribution is 2.39. The molecule has 13 aromatic rings. The lowest BCUT2D eigenvalue weighted by Gasteiger charge is -2.09. The topological polar surface area (TPSA) is 69.9 Å². The molecule has 13 rings (SSSR count). The van der Waals surface area contributed by atoms with Gasteiger partial charge < -0.3 is 13.4 Å². The van der Waals surface area contributed by atoms with Crippen molar-refractivity contribution >= 4 is 76.5 Å². The van der Waals surface area contributed by atoms with Crippen LogP contribution in [0.2, 0.25) is 0 Å². The van der Waals surface area contributed by atoms with Crippen molar-refractivity contribution in [3.63, 3.8) is 0 Å². The Morgan fingerprint density at radius 2 is 0.770 bits per heavy atom. The van der Waals surface area contributed by atoms with E-state index in [9.17, 15) is 0 Å². The molecule has 0 fully saturated rings. The Morgan fingerprint density at radius 1 is 0.295 bits per heavy atom. The van der Waals surface area contributed by atoms with Gasteiger partial charge in [0.1, 0.15) is 22.3 Å². The van der Waals surface area contributed by atoms with E-state index in [2.05, 4.69) is 168 Å². The summed E-state index contributed by atoms with van der Waals surface area (Å²) in [5, 5.41) is 8.93. The molecule has 0 bridgehead atoms. The fourth-order valence-corrected chi connectivity index (χ4v) is 9.06. The number of rotatable bonds is 5. The molecule has 0 spiro atoms. The van der Waals surface area contributed by atoms with Crippen molar-refractivity contribution < 1.29 is 8.83 Å². The molecule has 0 saturated heterocycles. The molecular formula is C55H32N4O2. The van der Waals surface area contributed by atoms with Gasteiger partial charge in [0.25, 0.3) is 0 Å². The van der Waals surface area contributed by atoms with Crippen molar-refractivity contribution in [3.05, 3.63) is 194 Å². The van der Waals surface area contributed by atoms with Gasteiger partial charge in [-0.2, -0.15) is 0 Å². The Labute approximate surface area is 348 Å². The van der Waals surface area contributed by atoms with E-state index in [-0.39, 0.29) is 0 Å². The average molecular weight is 781 g/mol. The number of aromatic nitrogens is 4. The number of furan rings is 2. The third-order valence-electron chi connectivity index (χ3n) is 12.0. The van der Waals surface area contributed by atoms with Gasteiger partial charge in [-0.05, 0) is 101 Å². The van der Waals surface area contributed by atoms with Crippen LogP contribution in [0.1, 0.15) is 0 Å². The maximum absolute atomic E-state index is 6.66. The second-order valence-electron chi connectivity index (χ2n) is 15.6. The first-order valence-electron chi connectivity index (χ1n) is 20.4. The van der Waals surface area contributed by atoms with Crippen LogP contribution in [0.15, 0.2) is 203 Å². The maximum atomic E-state index is 6.66. The van der Waals surface area contributed by atoms with E-state index >= 15 is 0 Å². The Balaban J connectivity index is 0.923. The van der Waals surface area contributed by atoms with Crippen LogP contribution in [-0.4, -0.2) is 19.5 Å². The van der Waals surface area contributed by atoms with Crippen LogP contribution in [0.25, 0.3) is 127 Å². The van der Waals surface area contributed by atoms with Gasteiger partial charge in [0.2, 0.25) is 0 Å². The minimum absolute atomic E-state index is 0.559. The molecule has 0 aliphatic heterocycles. The second kappa shape index (κ2) is 13.1. The number of nitrogens with zero attached hydrogens (tertiary/aromatic N) is 4. The van der Waals surface area contributed by atoms with Gasteiger partial charge in [-0.1, -0.05) is 115 Å². The summed E-state index contributed by atoms with van der Waals surface area (Å²) in [6, 6.07) is 67.6. The number of para-hydroxylation sites is 3. The molecule has 0 saturated carbocycles. The highest BCUT2D eigenvalue weighted by Gasteiger charge is 2.18. The predicted octanol–water partition coefficient (Wildman–Crippen LogP) is 14.6. The number of fused-ring (bicyclic) bond motifs is 10. The molecule has 0 aliphatic carbocycles. The van der Waals surface area contributed by atoms with Crippen LogP contribution >= 0.6 is 0 Å². The molecule has 0 atom stereocenters. The molecule has 6 heteroatoms. The van der Waals surface area contributed by atoms with Gasteiger partial charge in [0.05, 0.1) is 11.0 Å². The van der Waals surface area contributed by atoms with Crippen LogP contribution in [0.4, 0.5) is 0 Å². The van der Waals surface area contributed by atoms with E-state index in [1.165, 1.54) is 21.8 Å². The zero-order valence-corrected chi connectivity index (χ0v) is 32.6. The summed E-state index contributed by atoms with van der Waals surface area (Å²) in [6.07, 6.45) is 0. The van der Waals surface area contributed by atoms with Crippen LogP contribution in [0.5, 0.6) is 0 Å². The molecule has 0 radical (unpaired) electrons. The van der Waals surface area contributed by atoms with Gasteiger partial charge in [-0.25, -0.2) is 15.0 Å². The molecule has 4 aromatic heterocycles. The zero-order valence-electron chi connectivity index (χ0n) is 32.6. The van der Waals surface area contributed by atoms with E-state index in [4.69, 9.17) is 23.8 Å². The summed E-state index contributed by atoms with van der Waals surface area (Å²) in [4.78, 5) is 15.3. The Bertz CT molecular complexity index is 3900. The summed E-state index contributed by atoms with van der Waals surface area (Å²) in [5.41, 5.74) is 11.5. The second-order valence-corrected chi connectivity index (χ2v) is 15.6. The molecule has 6 nitrogen and oxygen atoms in total. The molecule has 0 N–H and O–H groups in total. The molecule has 4 heterocycles. The Kier molecular flexibility index (Phi) is 7.21. The fraction of sp³-hybridized carbons (Fsp3) is 0. The highest BCUT2D eigenvalue weighted by molar-refractivity contribution is 6.11. The van der Waals surface area contributed by atoms with E-state index in [0.29, 0.717) is 17.5 Å². The predicted molar refractivity (Wildman–Crippen MR) is 248 cm³/mol. The third-order valence-corrected chi connectivity index (χ3v) is 12.0. The van der Waals surface area contributed by atoms with Crippen molar-refractivity contribution in [1.82, 2.24) is 19.5 Å². The van der Waals surface area contributed by atoms with E-state index < -0.39 is 0 Å². The lowest BCUT2D eigenvalue weighted by molar-refractivity contribution is 0.669. The standard InChI is InChI=1S/C55H32N4O2/c1-2-12-40(13-3-1)59-47-16-8-6-14-41(47)46-29-35(23-27-48(46)59)36-20-24-44-45-26-22-39(32-52(45)61-50(44)30-36)55-57-53(37-19-18-33-10-4-5-11-34(33)28-37)56-54(58-55)38-21-25-43-42-15-7-9-17-49(42)60-51(43)31-38/h1-32H. The number of hydrogen-bond donors (Lipinski definition) is 0. The molecule has 61 heavy (non-hydrogen) atoms. The lowest BCUT2D eigenvalue weighted by atomic mass is 10.0. The van der Waals surface area contributed by atoms with Crippen molar-refractivity contribution in [2.45, 2.75) is 0 Å². The summed E-state index contributed by atoms with van der Waals surface area (Å²) >= 11 is 0. The van der Waals surface area contributed by atoms with Gasteiger partial charge in [0, 0.05) is 54.7 Å². The first-order chi connectivity index (χ1) is 30.2. The highest BCUT2D eigenvalue weighted by atomic mass is 16.3. The van der Waals surface area contributed by atoms with E-state index in [0.717, 1.165) is 88.2 Å². The van der Waals surface area contributed by atoms with Crippen LogP contribution in [-0.2, 0) is 0 Å². The third kappa shape index (κ3) is 5.39. The fourth-order valence-electron chi connectivity index (χ4n) is 9.06. The minimum Gasteiger partial charge on any atom is -0.456 e. The quantitative estimate of drug-likeness (QED) is 0.174. The van der Waals surface area contributed by atoms with Gasteiger partial charge in [-0.3, -0.25) is 0 Å². The Morgan fingerprint density at radius 3 is 1.49 bits per heavy atom. The SMILES string of the molecule is c1ccc(-n2c3ccccc3c3cc(-c4ccc5c(c4)oc4cc(-c6nc(-c7ccc8ccccc8c7)nc(-c7ccc8c(c7)oc7ccccc78)n6)ccc45)ccc32)cc1. The average Bonchev–Trinajstić information content (AvgIpc) is 4.00. The van der Waals surface area contributed by atoms with Crippen molar-refractivity contribution in [2.24, 2.45) is 0 Å². The van der Waals surface area contributed by atoms with Crippen molar-refractivity contribution in [1.29, 1.82) is 0 Å². The first-order valence-corrected chi connectivity index (χ1v) is 20.4. The van der Waals surface area contributed by atoms with Crippen molar-refractivity contribution in [2.75, 3.05) is 0 Å². The van der Waals surface area contributed by atoms with Crippen LogP contribution in [0, 0.1) is 0 Å². The largest absolute Gasteiger partial charge is 0.456 e.